The molecule has 0 aromatic carbocycles. The van der Waals surface area contributed by atoms with E-state index in [4.69, 9.17) is 4.74 Å². The van der Waals surface area contributed by atoms with E-state index < -0.39 is 8.07 Å². The SMILES string of the molecule is C[Si](C)(C)CCOCc1nn[nH]n1. The molecular weight excluding hydrogens is 184 g/mol. The summed E-state index contributed by atoms with van der Waals surface area (Å²) in [7, 11) is -0.969. The van der Waals surface area contributed by atoms with Gasteiger partial charge in [-0.2, -0.15) is 5.21 Å². The number of hydrogen-bond acceptors (Lipinski definition) is 4. The van der Waals surface area contributed by atoms with E-state index in [9.17, 15) is 0 Å². The third-order valence-corrected chi connectivity index (χ3v) is 3.32. The van der Waals surface area contributed by atoms with Crippen molar-refractivity contribution in [1.82, 2.24) is 20.6 Å². The molecule has 0 radical (unpaired) electrons. The van der Waals surface area contributed by atoms with Gasteiger partial charge in [-0.15, -0.1) is 10.2 Å². The molecule has 0 aliphatic heterocycles. The van der Waals surface area contributed by atoms with Crippen LogP contribution in [0.5, 0.6) is 0 Å². The summed E-state index contributed by atoms with van der Waals surface area (Å²) in [5, 5.41) is 13.4. The van der Waals surface area contributed by atoms with Crippen molar-refractivity contribution in [3.05, 3.63) is 5.82 Å². The molecule has 1 N–H and O–H groups in total. The number of aromatic amines is 1. The first kappa shape index (κ1) is 10.3. The maximum atomic E-state index is 5.40. The molecule has 0 spiro atoms. The first-order valence-electron chi connectivity index (χ1n) is 4.38. The van der Waals surface area contributed by atoms with E-state index in [1.165, 1.54) is 6.04 Å². The fraction of sp³-hybridized carbons (Fsp3) is 0.857. The maximum absolute atomic E-state index is 5.40. The Labute approximate surface area is 78.9 Å². The first-order valence-corrected chi connectivity index (χ1v) is 8.09. The summed E-state index contributed by atoms with van der Waals surface area (Å²) < 4.78 is 5.40. The van der Waals surface area contributed by atoms with Crippen molar-refractivity contribution in [2.45, 2.75) is 32.3 Å². The highest BCUT2D eigenvalue weighted by molar-refractivity contribution is 6.76. The number of hydrogen-bond donors (Lipinski definition) is 1. The third kappa shape index (κ3) is 4.74. The van der Waals surface area contributed by atoms with Crippen molar-refractivity contribution < 1.29 is 4.74 Å². The second kappa shape index (κ2) is 4.47. The van der Waals surface area contributed by atoms with Gasteiger partial charge in [0.15, 0.2) is 5.82 Å². The molecule has 0 aliphatic rings. The molecule has 6 heteroatoms. The molecular formula is C7H16N4OSi. The van der Waals surface area contributed by atoms with Crippen LogP contribution < -0.4 is 0 Å². The van der Waals surface area contributed by atoms with Crippen LogP contribution in [0.15, 0.2) is 0 Å². The van der Waals surface area contributed by atoms with Crippen molar-refractivity contribution in [3.63, 3.8) is 0 Å². The van der Waals surface area contributed by atoms with Gasteiger partial charge in [0.25, 0.3) is 0 Å². The number of ether oxygens (including phenoxy) is 1. The van der Waals surface area contributed by atoms with Gasteiger partial charge in [-0.3, -0.25) is 0 Å². The quantitative estimate of drug-likeness (QED) is 0.570. The Hall–Kier alpha value is -0.753. The highest BCUT2D eigenvalue weighted by atomic mass is 28.3. The number of nitrogens with zero attached hydrogens (tertiary/aromatic N) is 3. The Morgan fingerprint density at radius 3 is 2.69 bits per heavy atom. The van der Waals surface area contributed by atoms with Gasteiger partial charge < -0.3 is 4.74 Å². The summed E-state index contributed by atoms with van der Waals surface area (Å²) in [6.45, 7) is 8.23. The van der Waals surface area contributed by atoms with Gasteiger partial charge in [-0.05, 0) is 6.04 Å². The molecule has 0 fully saturated rings. The van der Waals surface area contributed by atoms with Crippen molar-refractivity contribution in [2.75, 3.05) is 6.61 Å². The van der Waals surface area contributed by atoms with Crippen LogP contribution in [-0.2, 0) is 11.3 Å². The molecule has 0 atom stereocenters. The number of H-pyrrole nitrogens is 1. The van der Waals surface area contributed by atoms with Crippen molar-refractivity contribution >= 4 is 8.07 Å². The normalized spacial score (nSPS) is 11.9. The molecule has 1 aromatic rings. The topological polar surface area (TPSA) is 63.7 Å². The average molecular weight is 200 g/mol. The Morgan fingerprint density at radius 2 is 2.15 bits per heavy atom. The molecule has 0 amide bonds. The summed E-state index contributed by atoms with van der Waals surface area (Å²) in [5.41, 5.74) is 0. The first-order chi connectivity index (χ1) is 6.08. The standard InChI is InChI=1S/C7H16N4OSi/c1-13(2,3)5-4-12-6-7-8-10-11-9-7/h4-6H2,1-3H3,(H,8,9,10,11). The minimum Gasteiger partial charge on any atom is -0.374 e. The van der Waals surface area contributed by atoms with E-state index in [1.54, 1.807) is 0 Å². The third-order valence-electron chi connectivity index (χ3n) is 1.62. The molecule has 0 bridgehead atoms. The molecule has 0 unspecified atom stereocenters. The summed E-state index contributed by atoms with van der Waals surface area (Å²) in [4.78, 5) is 0. The smallest absolute Gasteiger partial charge is 0.200 e. The predicted molar refractivity (Wildman–Crippen MR) is 52.0 cm³/mol. The molecule has 74 valence electrons. The molecule has 0 saturated carbocycles. The maximum Gasteiger partial charge on any atom is 0.200 e. The minimum atomic E-state index is -0.969. The predicted octanol–water partition coefficient (Wildman–Crippen LogP) is 1.05. The highest BCUT2D eigenvalue weighted by Gasteiger charge is 2.12. The van der Waals surface area contributed by atoms with Crippen LogP contribution in [0.1, 0.15) is 5.82 Å². The second-order valence-electron chi connectivity index (χ2n) is 4.19. The van der Waals surface area contributed by atoms with Crippen molar-refractivity contribution in [3.8, 4) is 0 Å². The molecule has 1 rings (SSSR count). The van der Waals surface area contributed by atoms with E-state index in [1.807, 2.05) is 0 Å². The van der Waals surface area contributed by atoms with Crippen molar-refractivity contribution in [1.29, 1.82) is 0 Å². The summed E-state index contributed by atoms with van der Waals surface area (Å²) >= 11 is 0. The van der Waals surface area contributed by atoms with Crippen molar-refractivity contribution in [2.24, 2.45) is 0 Å². The van der Waals surface area contributed by atoms with Crippen LogP contribution in [-0.4, -0.2) is 35.3 Å². The summed E-state index contributed by atoms with van der Waals surface area (Å²) in [6, 6.07) is 1.17. The summed E-state index contributed by atoms with van der Waals surface area (Å²) in [6.07, 6.45) is 0. The zero-order chi connectivity index (χ0) is 9.73. The van der Waals surface area contributed by atoms with Crippen LogP contribution in [0.25, 0.3) is 0 Å². The lowest BCUT2D eigenvalue weighted by atomic mass is 10.7. The number of nitrogens with one attached hydrogen (secondary N) is 1. The highest BCUT2D eigenvalue weighted by Crippen LogP contribution is 2.07. The lowest BCUT2D eigenvalue weighted by molar-refractivity contribution is 0.127. The lowest BCUT2D eigenvalue weighted by Gasteiger charge is -2.14. The van der Waals surface area contributed by atoms with Crippen LogP contribution in [0.3, 0.4) is 0 Å². The van der Waals surface area contributed by atoms with Crippen LogP contribution in [0.2, 0.25) is 25.7 Å². The van der Waals surface area contributed by atoms with Gasteiger partial charge in [0.05, 0.1) is 0 Å². The van der Waals surface area contributed by atoms with Gasteiger partial charge >= 0.3 is 0 Å². The van der Waals surface area contributed by atoms with Gasteiger partial charge in [0.1, 0.15) is 6.61 Å². The second-order valence-corrected chi connectivity index (χ2v) is 9.81. The monoisotopic (exact) mass is 200 g/mol. The van der Waals surface area contributed by atoms with Gasteiger partial charge in [-0.25, -0.2) is 0 Å². The van der Waals surface area contributed by atoms with Gasteiger partial charge in [-0.1, -0.05) is 24.9 Å². The Morgan fingerprint density at radius 1 is 1.38 bits per heavy atom. The fourth-order valence-electron chi connectivity index (χ4n) is 0.785. The lowest BCUT2D eigenvalue weighted by Crippen LogP contribution is -2.21. The van der Waals surface area contributed by atoms with E-state index in [-0.39, 0.29) is 0 Å². The Balaban J connectivity index is 2.09. The number of tetrazole rings is 1. The van der Waals surface area contributed by atoms with E-state index >= 15 is 0 Å². The van der Waals surface area contributed by atoms with E-state index in [2.05, 4.69) is 40.3 Å². The zero-order valence-corrected chi connectivity index (χ0v) is 9.37. The minimum absolute atomic E-state index is 0.459. The molecule has 0 aliphatic carbocycles. The van der Waals surface area contributed by atoms with Crippen LogP contribution >= 0.6 is 0 Å². The number of rotatable bonds is 5. The molecule has 0 saturated heterocycles. The Kier molecular flexibility index (Phi) is 3.55. The van der Waals surface area contributed by atoms with Gasteiger partial charge in [0, 0.05) is 14.7 Å². The summed E-state index contributed by atoms with van der Waals surface area (Å²) in [5.74, 6) is 0.621. The van der Waals surface area contributed by atoms with Crippen LogP contribution in [0.4, 0.5) is 0 Å². The average Bonchev–Trinajstić information content (AvgIpc) is 2.48. The molecule has 1 heterocycles. The molecule has 13 heavy (non-hydrogen) atoms. The largest absolute Gasteiger partial charge is 0.374 e. The molecule has 1 aromatic heterocycles. The van der Waals surface area contributed by atoms with E-state index in [0.717, 1.165) is 6.61 Å². The number of aromatic nitrogens is 4. The Bertz CT molecular complexity index is 231. The fourth-order valence-corrected chi connectivity index (χ4v) is 1.54. The van der Waals surface area contributed by atoms with E-state index in [0.29, 0.717) is 12.4 Å². The molecule has 5 nitrogen and oxygen atoms in total. The van der Waals surface area contributed by atoms with Gasteiger partial charge in [0.2, 0.25) is 0 Å². The zero-order valence-electron chi connectivity index (χ0n) is 8.37. The van der Waals surface area contributed by atoms with Crippen LogP contribution in [0, 0.1) is 0 Å².